The molecule has 6 heteroatoms. The number of unbranched alkanes of at least 4 members (excludes halogenated alkanes) is 38. The molecule has 0 rings (SSSR count). The highest BCUT2D eigenvalue weighted by atomic mass is 16.6. The molecule has 0 heterocycles. The first kappa shape index (κ1) is 76.6. The highest BCUT2D eigenvalue weighted by Crippen LogP contribution is 2.18. The lowest BCUT2D eigenvalue weighted by molar-refractivity contribution is -0.167. The standard InChI is InChI=1S/C74H130O6/c1-4-7-10-13-16-19-22-25-27-29-31-33-34-35-36-37-38-39-40-42-43-45-47-49-52-55-58-61-64-67-73(76)79-70-71(69-78-72(75)66-63-60-57-54-51-24-21-18-15-12-9-6-3)80-74(77)68-65-62-59-56-53-50-48-46-44-41-32-30-28-26-23-20-17-14-11-8-5-2/h7,10,16,18-19,21,25,27,31,33,35-36,38-39,71H,4-6,8-9,11-15,17,20,22-24,26,28-30,32,34,37,40-70H2,1-3H3/b10-7-,19-16-,21-18-,27-25-,33-31-,36-35-,39-38-. The summed E-state index contributed by atoms with van der Waals surface area (Å²) in [6.07, 6.45) is 90.3. The van der Waals surface area contributed by atoms with Crippen LogP contribution in [0.1, 0.15) is 348 Å². The molecule has 1 unspecified atom stereocenters. The fraction of sp³-hybridized carbons (Fsp3) is 0.770. The second-order valence-corrected chi connectivity index (χ2v) is 23.1. The van der Waals surface area contributed by atoms with Crippen molar-refractivity contribution in [1.29, 1.82) is 0 Å². The summed E-state index contributed by atoms with van der Waals surface area (Å²) in [4.78, 5) is 38.4. The van der Waals surface area contributed by atoms with Gasteiger partial charge in [0.15, 0.2) is 6.10 Å². The molecular weight excluding hydrogens is 985 g/mol. The van der Waals surface area contributed by atoms with E-state index in [4.69, 9.17) is 14.2 Å². The Labute approximate surface area is 496 Å². The smallest absolute Gasteiger partial charge is 0.306 e. The average molecular weight is 1120 g/mol. The molecule has 0 bridgehead atoms. The largest absolute Gasteiger partial charge is 0.462 e. The molecule has 0 aromatic heterocycles. The first-order valence-electron chi connectivity index (χ1n) is 34.6. The van der Waals surface area contributed by atoms with E-state index in [2.05, 4.69) is 106 Å². The topological polar surface area (TPSA) is 78.9 Å². The van der Waals surface area contributed by atoms with Crippen LogP contribution in [0.25, 0.3) is 0 Å². The molecule has 6 nitrogen and oxygen atoms in total. The Hall–Kier alpha value is -3.41. The van der Waals surface area contributed by atoms with E-state index in [1.54, 1.807) is 0 Å². The number of hydrogen-bond donors (Lipinski definition) is 0. The van der Waals surface area contributed by atoms with Crippen LogP contribution in [-0.4, -0.2) is 37.2 Å². The summed E-state index contributed by atoms with van der Waals surface area (Å²) in [5.74, 6) is -0.872. The van der Waals surface area contributed by atoms with Crippen LogP contribution in [0, 0.1) is 0 Å². The maximum atomic E-state index is 12.9. The Bertz CT molecular complexity index is 1520. The van der Waals surface area contributed by atoms with Gasteiger partial charge in [-0.25, -0.2) is 0 Å². The summed E-state index contributed by atoms with van der Waals surface area (Å²) in [7, 11) is 0. The second-order valence-electron chi connectivity index (χ2n) is 23.1. The minimum atomic E-state index is -0.781. The lowest BCUT2D eigenvalue weighted by Crippen LogP contribution is -2.30. The maximum Gasteiger partial charge on any atom is 0.306 e. The first-order chi connectivity index (χ1) is 39.5. The van der Waals surface area contributed by atoms with E-state index in [1.165, 1.54) is 205 Å². The zero-order chi connectivity index (χ0) is 57.8. The normalized spacial score (nSPS) is 12.6. The van der Waals surface area contributed by atoms with Crippen molar-refractivity contribution in [1.82, 2.24) is 0 Å². The number of carbonyl (C=O) groups excluding carboxylic acids is 3. The third kappa shape index (κ3) is 65.4. The number of esters is 3. The van der Waals surface area contributed by atoms with Gasteiger partial charge >= 0.3 is 17.9 Å². The molecule has 1 atom stereocenters. The SMILES string of the molecule is CC/C=C\C/C=C\C/C=C\C/C=C\C/C=C\C/C=C\CCCCCCCCCCCCC(=O)OCC(COC(=O)CCCCCCC/C=C\CCCCC)OC(=O)CCCCCCCCCCCCCCCCCCCCCCC. The van der Waals surface area contributed by atoms with Crippen molar-refractivity contribution >= 4 is 17.9 Å². The van der Waals surface area contributed by atoms with Gasteiger partial charge < -0.3 is 14.2 Å². The van der Waals surface area contributed by atoms with E-state index < -0.39 is 6.10 Å². The van der Waals surface area contributed by atoms with Crippen molar-refractivity contribution in [3.05, 3.63) is 85.1 Å². The molecule has 0 aliphatic heterocycles. The average Bonchev–Trinajstić information content (AvgIpc) is 3.46. The number of carbonyl (C=O) groups is 3. The fourth-order valence-electron chi connectivity index (χ4n) is 9.97. The van der Waals surface area contributed by atoms with Gasteiger partial charge in [0, 0.05) is 19.3 Å². The Balaban J connectivity index is 4.25. The van der Waals surface area contributed by atoms with Gasteiger partial charge in [0.2, 0.25) is 0 Å². The molecule has 0 saturated heterocycles. The van der Waals surface area contributed by atoms with Gasteiger partial charge in [-0.1, -0.05) is 318 Å². The summed E-state index contributed by atoms with van der Waals surface area (Å²) < 4.78 is 17.0. The Morgan fingerprint density at radius 2 is 0.487 bits per heavy atom. The molecule has 0 aromatic rings. The van der Waals surface area contributed by atoms with E-state index in [9.17, 15) is 14.4 Å². The van der Waals surface area contributed by atoms with E-state index >= 15 is 0 Å². The predicted octanol–water partition coefficient (Wildman–Crippen LogP) is 23.8. The third-order valence-corrected chi connectivity index (χ3v) is 15.1. The van der Waals surface area contributed by atoms with Crippen molar-refractivity contribution in [2.24, 2.45) is 0 Å². The minimum absolute atomic E-state index is 0.0778. The predicted molar refractivity (Wildman–Crippen MR) is 348 cm³/mol. The van der Waals surface area contributed by atoms with Gasteiger partial charge in [-0.15, -0.1) is 0 Å². The van der Waals surface area contributed by atoms with Crippen LogP contribution in [0.2, 0.25) is 0 Å². The second kappa shape index (κ2) is 68.1. The molecular formula is C74H130O6. The van der Waals surface area contributed by atoms with Crippen LogP contribution < -0.4 is 0 Å². The third-order valence-electron chi connectivity index (χ3n) is 15.1. The van der Waals surface area contributed by atoms with Crippen LogP contribution in [-0.2, 0) is 28.6 Å². The van der Waals surface area contributed by atoms with Crippen LogP contribution in [0.15, 0.2) is 85.1 Å². The van der Waals surface area contributed by atoms with E-state index in [0.29, 0.717) is 19.3 Å². The molecule has 80 heavy (non-hydrogen) atoms. The minimum Gasteiger partial charge on any atom is -0.462 e. The fourth-order valence-corrected chi connectivity index (χ4v) is 9.97. The summed E-state index contributed by atoms with van der Waals surface area (Å²) in [6, 6.07) is 0. The Morgan fingerprint density at radius 1 is 0.263 bits per heavy atom. The molecule has 0 radical (unpaired) electrons. The first-order valence-corrected chi connectivity index (χ1v) is 34.6. The van der Waals surface area contributed by atoms with E-state index in [1.807, 2.05) is 0 Å². The van der Waals surface area contributed by atoms with Crippen LogP contribution in [0.3, 0.4) is 0 Å². The molecule has 0 aliphatic carbocycles. The van der Waals surface area contributed by atoms with Crippen molar-refractivity contribution < 1.29 is 28.6 Å². The zero-order valence-corrected chi connectivity index (χ0v) is 53.1. The lowest BCUT2D eigenvalue weighted by Gasteiger charge is -2.18. The van der Waals surface area contributed by atoms with Gasteiger partial charge in [-0.2, -0.15) is 0 Å². The highest BCUT2D eigenvalue weighted by Gasteiger charge is 2.19. The summed E-state index contributed by atoms with van der Waals surface area (Å²) in [6.45, 7) is 6.54. The van der Waals surface area contributed by atoms with Crippen molar-refractivity contribution in [2.45, 2.75) is 354 Å². The van der Waals surface area contributed by atoms with E-state index in [0.717, 1.165) is 103 Å². The number of ether oxygens (including phenoxy) is 3. The molecule has 0 aromatic carbocycles. The molecule has 0 spiro atoms. The molecule has 0 saturated carbocycles. The monoisotopic (exact) mass is 1110 g/mol. The molecule has 0 amide bonds. The summed E-state index contributed by atoms with van der Waals surface area (Å²) in [5.41, 5.74) is 0. The lowest BCUT2D eigenvalue weighted by atomic mass is 10.0. The molecule has 0 N–H and O–H groups in total. The summed E-state index contributed by atoms with van der Waals surface area (Å²) >= 11 is 0. The van der Waals surface area contributed by atoms with Gasteiger partial charge in [0.05, 0.1) is 0 Å². The quantitative estimate of drug-likeness (QED) is 0.0261. The van der Waals surface area contributed by atoms with Crippen LogP contribution >= 0.6 is 0 Å². The van der Waals surface area contributed by atoms with E-state index in [-0.39, 0.29) is 31.1 Å². The van der Waals surface area contributed by atoms with Gasteiger partial charge in [0.1, 0.15) is 13.2 Å². The van der Waals surface area contributed by atoms with Crippen molar-refractivity contribution in [2.75, 3.05) is 13.2 Å². The van der Waals surface area contributed by atoms with Crippen molar-refractivity contribution in [3.63, 3.8) is 0 Å². The Morgan fingerprint density at radius 3 is 0.800 bits per heavy atom. The van der Waals surface area contributed by atoms with Gasteiger partial charge in [-0.3, -0.25) is 14.4 Å². The number of hydrogen-bond acceptors (Lipinski definition) is 6. The van der Waals surface area contributed by atoms with Gasteiger partial charge in [-0.05, 0) is 96.3 Å². The Kier molecular flexibility index (Phi) is 65.2. The molecule has 0 fully saturated rings. The number of rotatable bonds is 63. The van der Waals surface area contributed by atoms with Gasteiger partial charge in [0.25, 0.3) is 0 Å². The van der Waals surface area contributed by atoms with Crippen LogP contribution in [0.4, 0.5) is 0 Å². The zero-order valence-electron chi connectivity index (χ0n) is 53.1. The van der Waals surface area contributed by atoms with Crippen LogP contribution in [0.5, 0.6) is 0 Å². The number of allylic oxidation sites excluding steroid dienone is 14. The summed E-state index contributed by atoms with van der Waals surface area (Å²) in [5, 5.41) is 0. The maximum absolute atomic E-state index is 12.9. The molecule has 462 valence electrons. The molecule has 0 aliphatic rings. The van der Waals surface area contributed by atoms with Crippen molar-refractivity contribution in [3.8, 4) is 0 Å². The highest BCUT2D eigenvalue weighted by molar-refractivity contribution is 5.71.